The van der Waals surface area contributed by atoms with Gasteiger partial charge in [0.05, 0.1) is 17.1 Å². The number of para-hydroxylation sites is 1. The zero-order valence-electron chi connectivity index (χ0n) is 13.5. The van der Waals surface area contributed by atoms with Crippen LogP contribution in [0.4, 0.5) is 5.69 Å². The molecular weight excluding hydrogens is 392 g/mol. The summed E-state index contributed by atoms with van der Waals surface area (Å²) in [4.78, 5) is 26.0. The Balaban J connectivity index is 2.06. The number of nitrogens with zero attached hydrogens (tertiary/aromatic N) is 1. The van der Waals surface area contributed by atoms with Crippen molar-refractivity contribution in [3.63, 3.8) is 0 Å². The highest BCUT2D eigenvalue weighted by Crippen LogP contribution is 2.22. The topological polar surface area (TPSA) is 49.4 Å². The first-order valence-corrected chi connectivity index (χ1v) is 8.67. The standard InChI is InChI=1S/C18H18BrClN2O2/c1-3-12-6-4-5-7-16(12)21-17(23)11-22(2)18(24)14-10-13(19)8-9-15(14)20/h4-10H,3,11H2,1-2H3,(H,21,23). The Kier molecular flexibility index (Phi) is 6.40. The summed E-state index contributed by atoms with van der Waals surface area (Å²) in [6.45, 7) is 1.97. The zero-order valence-corrected chi connectivity index (χ0v) is 15.8. The first kappa shape index (κ1) is 18.5. The number of anilines is 1. The predicted molar refractivity (Wildman–Crippen MR) is 101 cm³/mol. The molecule has 0 saturated carbocycles. The van der Waals surface area contributed by atoms with Crippen LogP contribution in [-0.4, -0.2) is 30.3 Å². The molecule has 0 heterocycles. The maximum absolute atomic E-state index is 12.5. The van der Waals surface area contributed by atoms with Crippen LogP contribution in [0, 0.1) is 0 Å². The molecule has 0 radical (unpaired) electrons. The van der Waals surface area contributed by atoms with Crippen LogP contribution in [0.2, 0.25) is 5.02 Å². The second-order valence-corrected chi connectivity index (χ2v) is 6.67. The van der Waals surface area contributed by atoms with Gasteiger partial charge in [0.25, 0.3) is 5.91 Å². The Morgan fingerprint density at radius 3 is 2.62 bits per heavy atom. The monoisotopic (exact) mass is 408 g/mol. The Morgan fingerprint density at radius 1 is 1.21 bits per heavy atom. The fraction of sp³-hybridized carbons (Fsp3) is 0.222. The molecular formula is C18H18BrClN2O2. The van der Waals surface area contributed by atoms with Crippen LogP contribution in [0.1, 0.15) is 22.8 Å². The van der Waals surface area contributed by atoms with Gasteiger partial charge in [0.2, 0.25) is 5.91 Å². The molecule has 24 heavy (non-hydrogen) atoms. The molecule has 0 aliphatic rings. The van der Waals surface area contributed by atoms with Gasteiger partial charge in [-0.3, -0.25) is 9.59 Å². The molecule has 2 aromatic carbocycles. The Bertz CT molecular complexity index is 764. The lowest BCUT2D eigenvalue weighted by Crippen LogP contribution is -2.35. The number of carbonyl (C=O) groups is 2. The van der Waals surface area contributed by atoms with E-state index in [9.17, 15) is 9.59 Å². The van der Waals surface area contributed by atoms with Gasteiger partial charge in [-0.25, -0.2) is 0 Å². The fourth-order valence-corrected chi connectivity index (χ4v) is 2.85. The molecule has 0 fully saturated rings. The molecule has 0 saturated heterocycles. The van der Waals surface area contributed by atoms with E-state index in [0.717, 1.165) is 22.1 Å². The highest BCUT2D eigenvalue weighted by molar-refractivity contribution is 9.10. The van der Waals surface area contributed by atoms with Crippen molar-refractivity contribution in [2.75, 3.05) is 18.9 Å². The van der Waals surface area contributed by atoms with Gasteiger partial charge in [-0.1, -0.05) is 52.7 Å². The van der Waals surface area contributed by atoms with Crippen molar-refractivity contribution in [1.29, 1.82) is 0 Å². The summed E-state index contributed by atoms with van der Waals surface area (Å²) >= 11 is 9.39. The van der Waals surface area contributed by atoms with Crippen LogP contribution in [-0.2, 0) is 11.2 Å². The van der Waals surface area contributed by atoms with Gasteiger partial charge in [0, 0.05) is 17.2 Å². The largest absolute Gasteiger partial charge is 0.332 e. The third-order valence-corrected chi connectivity index (χ3v) is 4.38. The Labute approximate surface area is 154 Å². The van der Waals surface area contributed by atoms with E-state index in [1.54, 1.807) is 25.2 Å². The minimum absolute atomic E-state index is 0.0558. The second kappa shape index (κ2) is 8.31. The van der Waals surface area contributed by atoms with Crippen LogP contribution in [0.5, 0.6) is 0 Å². The van der Waals surface area contributed by atoms with E-state index < -0.39 is 0 Å². The number of amides is 2. The van der Waals surface area contributed by atoms with Crippen LogP contribution >= 0.6 is 27.5 Å². The smallest absolute Gasteiger partial charge is 0.255 e. The SMILES string of the molecule is CCc1ccccc1NC(=O)CN(C)C(=O)c1cc(Br)ccc1Cl. The van der Waals surface area contributed by atoms with E-state index in [0.29, 0.717) is 10.6 Å². The number of rotatable bonds is 5. The molecule has 0 bridgehead atoms. The summed E-state index contributed by atoms with van der Waals surface area (Å²) < 4.78 is 0.755. The molecule has 6 heteroatoms. The second-order valence-electron chi connectivity index (χ2n) is 5.34. The summed E-state index contributed by atoms with van der Waals surface area (Å²) in [6, 6.07) is 12.7. The molecule has 2 amide bonds. The van der Waals surface area contributed by atoms with Crippen molar-refractivity contribution in [1.82, 2.24) is 4.90 Å². The highest BCUT2D eigenvalue weighted by Gasteiger charge is 2.18. The summed E-state index contributed by atoms with van der Waals surface area (Å²) in [6.07, 6.45) is 0.818. The highest BCUT2D eigenvalue weighted by atomic mass is 79.9. The molecule has 0 aliphatic heterocycles. The third kappa shape index (κ3) is 4.58. The van der Waals surface area contributed by atoms with Crippen LogP contribution in [0.3, 0.4) is 0 Å². The first-order chi connectivity index (χ1) is 11.4. The van der Waals surface area contributed by atoms with Gasteiger partial charge in [0.1, 0.15) is 0 Å². The molecule has 0 unspecified atom stereocenters. The van der Waals surface area contributed by atoms with Crippen LogP contribution < -0.4 is 5.32 Å². The minimum atomic E-state index is -0.305. The lowest BCUT2D eigenvalue weighted by molar-refractivity contribution is -0.116. The van der Waals surface area contributed by atoms with Crippen molar-refractivity contribution in [2.45, 2.75) is 13.3 Å². The first-order valence-electron chi connectivity index (χ1n) is 7.50. The summed E-state index contributed by atoms with van der Waals surface area (Å²) in [5.41, 5.74) is 2.18. The van der Waals surface area contributed by atoms with Crippen molar-refractivity contribution >= 4 is 45.0 Å². The van der Waals surface area contributed by atoms with Gasteiger partial charge in [-0.05, 0) is 36.2 Å². The maximum atomic E-state index is 12.5. The molecule has 1 N–H and O–H groups in total. The fourth-order valence-electron chi connectivity index (χ4n) is 2.29. The Hall–Kier alpha value is -1.85. The summed E-state index contributed by atoms with van der Waals surface area (Å²) in [7, 11) is 1.57. The van der Waals surface area contributed by atoms with Crippen molar-refractivity contribution < 1.29 is 9.59 Å². The normalized spacial score (nSPS) is 10.3. The van der Waals surface area contributed by atoms with Crippen molar-refractivity contribution in [3.05, 3.63) is 63.1 Å². The molecule has 0 atom stereocenters. The van der Waals surface area contributed by atoms with E-state index in [1.807, 2.05) is 31.2 Å². The van der Waals surface area contributed by atoms with Gasteiger partial charge in [-0.15, -0.1) is 0 Å². The van der Waals surface area contributed by atoms with Gasteiger partial charge >= 0.3 is 0 Å². The number of benzene rings is 2. The molecule has 4 nitrogen and oxygen atoms in total. The van der Waals surface area contributed by atoms with E-state index in [2.05, 4.69) is 21.2 Å². The quantitative estimate of drug-likeness (QED) is 0.797. The maximum Gasteiger partial charge on any atom is 0.255 e. The number of hydrogen-bond donors (Lipinski definition) is 1. The van der Waals surface area contributed by atoms with Crippen molar-refractivity contribution in [3.8, 4) is 0 Å². The number of carbonyl (C=O) groups excluding carboxylic acids is 2. The molecule has 0 spiro atoms. The Morgan fingerprint density at radius 2 is 1.92 bits per heavy atom. The van der Waals surface area contributed by atoms with E-state index in [-0.39, 0.29) is 18.4 Å². The predicted octanol–water partition coefficient (Wildman–Crippen LogP) is 4.38. The lowest BCUT2D eigenvalue weighted by Gasteiger charge is -2.18. The molecule has 0 aromatic heterocycles. The third-order valence-electron chi connectivity index (χ3n) is 3.56. The number of aryl methyl sites for hydroxylation is 1. The minimum Gasteiger partial charge on any atom is -0.332 e. The molecule has 126 valence electrons. The number of nitrogens with one attached hydrogen (secondary N) is 1. The van der Waals surface area contributed by atoms with Gasteiger partial charge < -0.3 is 10.2 Å². The van der Waals surface area contributed by atoms with Gasteiger partial charge in [-0.2, -0.15) is 0 Å². The average Bonchev–Trinajstić information content (AvgIpc) is 2.56. The van der Waals surface area contributed by atoms with Crippen LogP contribution in [0.15, 0.2) is 46.9 Å². The molecule has 2 rings (SSSR count). The van der Waals surface area contributed by atoms with E-state index in [4.69, 9.17) is 11.6 Å². The van der Waals surface area contributed by atoms with Gasteiger partial charge in [0.15, 0.2) is 0 Å². The van der Waals surface area contributed by atoms with E-state index in [1.165, 1.54) is 4.90 Å². The molecule has 0 aliphatic carbocycles. The van der Waals surface area contributed by atoms with Crippen LogP contribution in [0.25, 0.3) is 0 Å². The zero-order chi connectivity index (χ0) is 17.7. The number of hydrogen-bond acceptors (Lipinski definition) is 2. The number of likely N-dealkylation sites (N-methyl/N-ethyl adjacent to an activating group) is 1. The number of halogens is 2. The average molecular weight is 410 g/mol. The van der Waals surface area contributed by atoms with E-state index >= 15 is 0 Å². The van der Waals surface area contributed by atoms with Crippen molar-refractivity contribution in [2.24, 2.45) is 0 Å². The summed E-state index contributed by atoms with van der Waals surface area (Å²) in [5, 5.41) is 3.20. The summed E-state index contributed by atoms with van der Waals surface area (Å²) in [5.74, 6) is -0.557. The molecule has 2 aromatic rings. The lowest BCUT2D eigenvalue weighted by atomic mass is 10.1.